The molecular weight excluding hydrogens is 236 g/mol. The van der Waals surface area contributed by atoms with Crippen LogP contribution >= 0.6 is 0 Å². The fourth-order valence-corrected chi connectivity index (χ4v) is 1.53. The number of hydrogen-bond donors (Lipinski definition) is 0. The van der Waals surface area contributed by atoms with Crippen molar-refractivity contribution >= 4 is 11.4 Å². The first-order valence-electron chi connectivity index (χ1n) is 6.13. The smallest absolute Gasteiger partial charge is 0.0857 e. The molecule has 0 N–H and O–H groups in total. The second-order valence-corrected chi connectivity index (χ2v) is 4.01. The minimum atomic E-state index is 0.565. The Hall–Kier alpha value is -2.26. The molecule has 3 nitrogen and oxygen atoms in total. The van der Waals surface area contributed by atoms with Crippen molar-refractivity contribution in [3.8, 4) is 0 Å². The molecule has 0 bridgehead atoms. The van der Waals surface area contributed by atoms with Gasteiger partial charge in [0, 0.05) is 0 Å². The van der Waals surface area contributed by atoms with Crippen molar-refractivity contribution in [3.05, 3.63) is 72.8 Å². The Bertz CT molecular complexity index is 532. The maximum atomic E-state index is 5.37. The first-order chi connectivity index (χ1) is 9.38. The van der Waals surface area contributed by atoms with Crippen LogP contribution in [0.1, 0.15) is 5.56 Å². The average molecular weight is 252 g/mol. The Kier molecular flexibility index (Phi) is 5.02. The van der Waals surface area contributed by atoms with Crippen molar-refractivity contribution in [3.63, 3.8) is 0 Å². The lowest BCUT2D eigenvalue weighted by molar-refractivity contribution is 0.149. The van der Waals surface area contributed by atoms with E-state index >= 15 is 0 Å². The van der Waals surface area contributed by atoms with Crippen LogP contribution < -0.4 is 0 Å². The van der Waals surface area contributed by atoms with Crippen molar-refractivity contribution in [1.82, 2.24) is 0 Å². The van der Waals surface area contributed by atoms with Crippen molar-refractivity contribution < 1.29 is 4.74 Å². The summed E-state index contributed by atoms with van der Waals surface area (Å²) >= 11 is 0. The highest BCUT2D eigenvalue weighted by Gasteiger charge is 1.94. The molecule has 3 heteroatoms. The van der Waals surface area contributed by atoms with E-state index in [0.717, 1.165) is 16.9 Å². The van der Waals surface area contributed by atoms with E-state index < -0.39 is 0 Å². The topological polar surface area (TPSA) is 34.0 Å². The summed E-state index contributed by atoms with van der Waals surface area (Å²) in [5, 5.41) is 8.34. The molecule has 19 heavy (non-hydrogen) atoms. The summed E-state index contributed by atoms with van der Waals surface area (Å²) in [6.45, 7) is 4.76. The van der Waals surface area contributed by atoms with Crippen LogP contribution in [0.15, 0.2) is 77.5 Å². The van der Waals surface area contributed by atoms with E-state index in [1.807, 2.05) is 54.6 Å². The summed E-state index contributed by atoms with van der Waals surface area (Å²) in [6.07, 6.45) is 1.74. The summed E-state index contributed by atoms with van der Waals surface area (Å²) < 4.78 is 5.37. The van der Waals surface area contributed by atoms with Crippen LogP contribution in [-0.4, -0.2) is 6.61 Å². The van der Waals surface area contributed by atoms with Crippen LogP contribution in [0, 0.1) is 0 Å². The Labute approximate surface area is 113 Å². The van der Waals surface area contributed by atoms with Gasteiger partial charge in [-0.05, 0) is 29.8 Å². The van der Waals surface area contributed by atoms with E-state index in [1.54, 1.807) is 6.08 Å². The summed E-state index contributed by atoms with van der Waals surface area (Å²) in [5.41, 5.74) is 2.79. The molecule has 2 rings (SSSR count). The number of azo groups is 1. The lowest BCUT2D eigenvalue weighted by Gasteiger charge is -2.01. The molecular formula is C16H16N2O. The number of rotatable bonds is 6. The van der Waals surface area contributed by atoms with Crippen LogP contribution in [0.4, 0.5) is 11.4 Å². The maximum Gasteiger partial charge on any atom is 0.0857 e. The molecule has 0 aliphatic heterocycles. The molecule has 0 aliphatic carbocycles. The largest absolute Gasteiger partial charge is 0.373 e. The third-order valence-corrected chi connectivity index (χ3v) is 2.48. The molecule has 0 atom stereocenters. The minimum Gasteiger partial charge on any atom is -0.373 e. The lowest BCUT2D eigenvalue weighted by atomic mass is 10.2. The van der Waals surface area contributed by atoms with Gasteiger partial charge in [-0.1, -0.05) is 36.4 Å². The van der Waals surface area contributed by atoms with Gasteiger partial charge in [0.25, 0.3) is 0 Å². The molecule has 0 heterocycles. The molecule has 0 spiro atoms. The van der Waals surface area contributed by atoms with Crippen molar-refractivity contribution in [1.29, 1.82) is 0 Å². The highest BCUT2D eigenvalue weighted by atomic mass is 16.5. The van der Waals surface area contributed by atoms with E-state index in [2.05, 4.69) is 16.8 Å². The van der Waals surface area contributed by atoms with Crippen LogP contribution in [0.25, 0.3) is 0 Å². The van der Waals surface area contributed by atoms with Gasteiger partial charge in [0.15, 0.2) is 0 Å². The summed E-state index contributed by atoms with van der Waals surface area (Å²) in [4.78, 5) is 0. The Balaban J connectivity index is 1.95. The molecule has 0 radical (unpaired) electrons. The van der Waals surface area contributed by atoms with E-state index in [4.69, 9.17) is 4.74 Å². The third-order valence-electron chi connectivity index (χ3n) is 2.48. The number of nitrogens with zero attached hydrogens (tertiary/aromatic N) is 2. The molecule has 0 amide bonds. The second kappa shape index (κ2) is 7.24. The number of benzene rings is 2. The number of ether oxygens (including phenoxy) is 1. The van der Waals surface area contributed by atoms with Gasteiger partial charge in [0.2, 0.25) is 0 Å². The lowest BCUT2D eigenvalue weighted by Crippen LogP contribution is -1.91. The number of hydrogen-bond acceptors (Lipinski definition) is 3. The zero-order valence-electron chi connectivity index (χ0n) is 10.7. The predicted molar refractivity (Wildman–Crippen MR) is 76.9 cm³/mol. The summed E-state index contributed by atoms with van der Waals surface area (Å²) in [5.74, 6) is 0. The normalized spacial score (nSPS) is 10.7. The van der Waals surface area contributed by atoms with E-state index in [1.165, 1.54) is 0 Å². The molecule has 2 aromatic rings. The molecule has 0 aromatic heterocycles. The summed E-state index contributed by atoms with van der Waals surface area (Å²) in [7, 11) is 0. The van der Waals surface area contributed by atoms with Gasteiger partial charge in [-0.25, -0.2) is 0 Å². The van der Waals surface area contributed by atoms with E-state index in [0.29, 0.717) is 13.2 Å². The Morgan fingerprint density at radius 3 is 2.16 bits per heavy atom. The first-order valence-corrected chi connectivity index (χ1v) is 6.13. The van der Waals surface area contributed by atoms with Gasteiger partial charge in [-0.2, -0.15) is 10.2 Å². The van der Waals surface area contributed by atoms with Gasteiger partial charge in [0.05, 0.1) is 24.6 Å². The van der Waals surface area contributed by atoms with E-state index in [-0.39, 0.29) is 0 Å². The highest BCUT2D eigenvalue weighted by Crippen LogP contribution is 2.18. The van der Waals surface area contributed by atoms with E-state index in [9.17, 15) is 0 Å². The molecule has 0 fully saturated rings. The van der Waals surface area contributed by atoms with Crippen molar-refractivity contribution in [2.45, 2.75) is 6.61 Å². The Morgan fingerprint density at radius 1 is 0.895 bits per heavy atom. The molecule has 0 unspecified atom stereocenters. The van der Waals surface area contributed by atoms with Crippen molar-refractivity contribution in [2.24, 2.45) is 10.2 Å². The van der Waals surface area contributed by atoms with Gasteiger partial charge in [0.1, 0.15) is 0 Å². The maximum absolute atomic E-state index is 5.37. The van der Waals surface area contributed by atoms with Gasteiger partial charge in [-0.15, -0.1) is 6.58 Å². The van der Waals surface area contributed by atoms with Crippen LogP contribution in [0.2, 0.25) is 0 Å². The van der Waals surface area contributed by atoms with Gasteiger partial charge in [-0.3, -0.25) is 0 Å². The Morgan fingerprint density at radius 2 is 1.53 bits per heavy atom. The molecule has 0 saturated heterocycles. The standard InChI is InChI=1S/C16H16N2O/c1-2-12-19-13-14-8-10-16(11-9-14)18-17-15-6-4-3-5-7-15/h2-11H,1,12-13H2. The van der Waals surface area contributed by atoms with Crippen LogP contribution in [0.5, 0.6) is 0 Å². The molecule has 0 saturated carbocycles. The fourth-order valence-electron chi connectivity index (χ4n) is 1.53. The van der Waals surface area contributed by atoms with Crippen LogP contribution in [-0.2, 0) is 11.3 Å². The molecule has 2 aromatic carbocycles. The molecule has 96 valence electrons. The fraction of sp³-hybridized carbons (Fsp3) is 0.125. The first kappa shape index (κ1) is 13.2. The van der Waals surface area contributed by atoms with Gasteiger partial charge >= 0.3 is 0 Å². The zero-order valence-corrected chi connectivity index (χ0v) is 10.7. The second-order valence-electron chi connectivity index (χ2n) is 4.01. The third kappa shape index (κ3) is 4.48. The highest BCUT2D eigenvalue weighted by molar-refractivity contribution is 5.40. The van der Waals surface area contributed by atoms with Gasteiger partial charge < -0.3 is 4.74 Å². The molecule has 0 aliphatic rings. The monoisotopic (exact) mass is 252 g/mol. The quantitative estimate of drug-likeness (QED) is 0.413. The predicted octanol–water partition coefficient (Wildman–Crippen LogP) is 4.80. The average Bonchev–Trinajstić information content (AvgIpc) is 2.48. The minimum absolute atomic E-state index is 0.565. The summed E-state index contributed by atoms with van der Waals surface area (Å²) in [6, 6.07) is 17.5. The van der Waals surface area contributed by atoms with Crippen LogP contribution in [0.3, 0.4) is 0 Å². The zero-order chi connectivity index (χ0) is 13.3. The SMILES string of the molecule is C=CCOCc1ccc(N=Nc2ccccc2)cc1. The van der Waals surface area contributed by atoms with Crippen molar-refractivity contribution in [2.75, 3.05) is 6.61 Å².